The van der Waals surface area contributed by atoms with Gasteiger partial charge in [0.25, 0.3) is 5.91 Å². The molecule has 0 saturated heterocycles. The molecule has 0 atom stereocenters. The van der Waals surface area contributed by atoms with E-state index in [1.807, 2.05) is 26.0 Å². The highest BCUT2D eigenvalue weighted by atomic mass is 16.5. The molecule has 1 aromatic carbocycles. The Morgan fingerprint density at radius 1 is 1.27 bits per heavy atom. The zero-order valence-electron chi connectivity index (χ0n) is 13.1. The molecule has 0 bridgehead atoms. The van der Waals surface area contributed by atoms with Crippen molar-refractivity contribution in [2.45, 2.75) is 39.7 Å². The van der Waals surface area contributed by atoms with Crippen molar-refractivity contribution in [3.05, 3.63) is 34.9 Å². The lowest BCUT2D eigenvalue weighted by Crippen LogP contribution is -2.42. The molecule has 1 aliphatic rings. The molecular weight excluding hydrogens is 282 g/mol. The molecule has 2 N–H and O–H groups in total. The van der Waals surface area contributed by atoms with Gasteiger partial charge in [-0.15, -0.1) is 0 Å². The van der Waals surface area contributed by atoms with Crippen molar-refractivity contribution in [3.8, 4) is 0 Å². The van der Waals surface area contributed by atoms with Gasteiger partial charge in [0.1, 0.15) is 0 Å². The number of hydrogen-bond donors (Lipinski definition) is 2. The molecule has 2 rings (SSSR count). The highest BCUT2D eigenvalue weighted by Gasteiger charge is 2.35. The highest BCUT2D eigenvalue weighted by molar-refractivity contribution is 5.94. The molecule has 0 aromatic heterocycles. The summed E-state index contributed by atoms with van der Waals surface area (Å²) >= 11 is 0. The van der Waals surface area contributed by atoms with Crippen LogP contribution in [0.15, 0.2) is 18.2 Å². The smallest absolute Gasteiger partial charge is 0.311 e. The maximum absolute atomic E-state index is 12.3. The van der Waals surface area contributed by atoms with Crippen LogP contribution in [0, 0.1) is 5.41 Å². The van der Waals surface area contributed by atoms with E-state index in [2.05, 4.69) is 5.32 Å². The molecule has 5 nitrogen and oxygen atoms in total. The molecule has 1 aromatic rings. The Bertz CT molecular complexity index is 564. The Balaban J connectivity index is 2.07. The van der Waals surface area contributed by atoms with Gasteiger partial charge in [0.15, 0.2) is 0 Å². The Kier molecular flexibility index (Phi) is 5.19. The van der Waals surface area contributed by atoms with Crippen LogP contribution in [0.5, 0.6) is 0 Å². The number of fused-ring (bicyclic) bond motifs is 1. The molecular formula is C17H23NO4. The van der Waals surface area contributed by atoms with Crippen molar-refractivity contribution in [2.24, 2.45) is 5.41 Å². The third-order valence-corrected chi connectivity index (χ3v) is 4.64. The predicted octanol–water partition coefficient (Wildman–Crippen LogP) is 2.38. The predicted molar refractivity (Wildman–Crippen MR) is 82.8 cm³/mol. The Hall–Kier alpha value is -1.88. The van der Waals surface area contributed by atoms with E-state index in [0.29, 0.717) is 31.6 Å². The van der Waals surface area contributed by atoms with Gasteiger partial charge in [-0.25, -0.2) is 0 Å². The number of carboxylic acid groups (broad SMARTS) is 1. The highest BCUT2D eigenvalue weighted by Crippen LogP contribution is 2.26. The molecule has 0 radical (unpaired) electrons. The Morgan fingerprint density at radius 3 is 2.64 bits per heavy atom. The average molecular weight is 305 g/mol. The van der Waals surface area contributed by atoms with Gasteiger partial charge >= 0.3 is 5.97 Å². The number of carbonyl (C=O) groups is 2. The standard InChI is InChI=1S/C17H23NO4/c1-3-17(4-2,16(20)21)11-18-15(19)13-5-6-14-10-22-8-7-12(14)9-13/h5-6,9H,3-4,7-8,10-11H2,1-2H3,(H,18,19)(H,20,21). The summed E-state index contributed by atoms with van der Waals surface area (Å²) in [6, 6.07) is 5.56. The SMILES string of the molecule is CCC(CC)(CNC(=O)c1ccc2c(c1)CCOC2)C(=O)O. The van der Waals surface area contributed by atoms with Crippen LogP contribution in [-0.2, 0) is 22.6 Å². The van der Waals surface area contributed by atoms with Gasteiger partial charge < -0.3 is 15.2 Å². The fraction of sp³-hybridized carbons (Fsp3) is 0.529. The Morgan fingerprint density at radius 2 is 2.00 bits per heavy atom. The minimum atomic E-state index is -0.891. The summed E-state index contributed by atoms with van der Waals surface area (Å²) in [5.74, 6) is -1.08. The molecule has 1 amide bonds. The van der Waals surface area contributed by atoms with Crippen LogP contribution >= 0.6 is 0 Å². The summed E-state index contributed by atoms with van der Waals surface area (Å²) in [6.45, 7) is 5.08. The lowest BCUT2D eigenvalue weighted by atomic mass is 9.82. The van der Waals surface area contributed by atoms with Crippen LogP contribution in [0.1, 0.15) is 48.2 Å². The summed E-state index contributed by atoms with van der Waals surface area (Å²) in [5, 5.41) is 12.2. The molecule has 120 valence electrons. The Labute approximate surface area is 130 Å². The zero-order chi connectivity index (χ0) is 16.2. The van der Waals surface area contributed by atoms with Crippen LogP contribution < -0.4 is 5.32 Å². The second kappa shape index (κ2) is 6.92. The number of benzene rings is 1. The molecule has 22 heavy (non-hydrogen) atoms. The van der Waals surface area contributed by atoms with Gasteiger partial charge in [-0.1, -0.05) is 19.9 Å². The quantitative estimate of drug-likeness (QED) is 0.846. The minimum absolute atomic E-state index is 0.147. The van der Waals surface area contributed by atoms with Gasteiger partial charge in [-0.3, -0.25) is 9.59 Å². The van der Waals surface area contributed by atoms with Crippen molar-refractivity contribution in [2.75, 3.05) is 13.2 Å². The van der Waals surface area contributed by atoms with E-state index in [4.69, 9.17) is 4.74 Å². The van der Waals surface area contributed by atoms with Crippen molar-refractivity contribution >= 4 is 11.9 Å². The first-order chi connectivity index (χ1) is 10.5. The second-order valence-corrected chi connectivity index (χ2v) is 5.76. The van der Waals surface area contributed by atoms with E-state index in [1.54, 1.807) is 6.07 Å². The molecule has 0 unspecified atom stereocenters. The van der Waals surface area contributed by atoms with Gasteiger partial charge in [-0.2, -0.15) is 0 Å². The summed E-state index contributed by atoms with van der Waals surface area (Å²) in [7, 11) is 0. The number of carbonyl (C=O) groups excluding carboxylic acids is 1. The average Bonchev–Trinajstić information content (AvgIpc) is 2.55. The van der Waals surface area contributed by atoms with Crippen LogP contribution in [0.25, 0.3) is 0 Å². The molecule has 1 aliphatic heterocycles. The molecule has 0 fully saturated rings. The summed E-state index contributed by atoms with van der Waals surface area (Å²) in [6.07, 6.45) is 1.78. The van der Waals surface area contributed by atoms with Crippen LogP contribution in [0.4, 0.5) is 0 Å². The van der Waals surface area contributed by atoms with E-state index >= 15 is 0 Å². The number of ether oxygens (including phenoxy) is 1. The molecule has 1 heterocycles. The van der Waals surface area contributed by atoms with Crippen LogP contribution in [0.2, 0.25) is 0 Å². The number of rotatable bonds is 6. The minimum Gasteiger partial charge on any atom is -0.481 e. The number of hydrogen-bond acceptors (Lipinski definition) is 3. The molecule has 0 aliphatic carbocycles. The second-order valence-electron chi connectivity index (χ2n) is 5.76. The van der Waals surface area contributed by atoms with E-state index in [0.717, 1.165) is 17.5 Å². The van der Waals surface area contributed by atoms with Crippen LogP contribution in [0.3, 0.4) is 0 Å². The number of aliphatic carboxylic acids is 1. The fourth-order valence-electron chi connectivity index (χ4n) is 2.73. The van der Waals surface area contributed by atoms with Gasteiger partial charge in [0.05, 0.1) is 18.6 Å². The third-order valence-electron chi connectivity index (χ3n) is 4.64. The first-order valence-electron chi connectivity index (χ1n) is 7.73. The number of carboxylic acids is 1. The lowest BCUT2D eigenvalue weighted by Gasteiger charge is -2.27. The van der Waals surface area contributed by atoms with E-state index in [9.17, 15) is 14.7 Å². The first kappa shape index (κ1) is 16.5. The summed E-state index contributed by atoms with van der Waals surface area (Å²) in [5.41, 5.74) is 1.93. The number of nitrogens with one attached hydrogen (secondary N) is 1. The maximum Gasteiger partial charge on any atom is 0.311 e. The van der Waals surface area contributed by atoms with Gasteiger partial charge in [-0.05, 0) is 42.5 Å². The molecule has 5 heteroatoms. The van der Waals surface area contributed by atoms with E-state index in [1.165, 1.54) is 0 Å². The molecule has 0 saturated carbocycles. The normalized spacial score (nSPS) is 14.3. The largest absolute Gasteiger partial charge is 0.481 e. The maximum atomic E-state index is 12.3. The summed E-state index contributed by atoms with van der Waals surface area (Å²) in [4.78, 5) is 23.8. The number of amides is 1. The first-order valence-corrected chi connectivity index (χ1v) is 7.73. The third kappa shape index (κ3) is 3.30. The fourth-order valence-corrected chi connectivity index (χ4v) is 2.73. The van der Waals surface area contributed by atoms with Crippen molar-refractivity contribution < 1.29 is 19.4 Å². The van der Waals surface area contributed by atoms with Crippen molar-refractivity contribution in [1.82, 2.24) is 5.32 Å². The van der Waals surface area contributed by atoms with E-state index in [-0.39, 0.29) is 12.5 Å². The van der Waals surface area contributed by atoms with Gasteiger partial charge in [0.2, 0.25) is 0 Å². The van der Waals surface area contributed by atoms with Crippen molar-refractivity contribution in [3.63, 3.8) is 0 Å². The van der Waals surface area contributed by atoms with E-state index < -0.39 is 11.4 Å². The zero-order valence-corrected chi connectivity index (χ0v) is 13.1. The monoisotopic (exact) mass is 305 g/mol. The van der Waals surface area contributed by atoms with Crippen molar-refractivity contribution in [1.29, 1.82) is 0 Å². The lowest BCUT2D eigenvalue weighted by molar-refractivity contribution is -0.149. The topological polar surface area (TPSA) is 75.6 Å². The van der Waals surface area contributed by atoms with Crippen LogP contribution in [-0.4, -0.2) is 30.1 Å². The molecule has 0 spiro atoms. The van der Waals surface area contributed by atoms with Gasteiger partial charge in [0, 0.05) is 12.1 Å². The summed E-state index contributed by atoms with van der Waals surface area (Å²) < 4.78 is 5.38.